The van der Waals surface area contributed by atoms with Crippen molar-refractivity contribution in [2.24, 2.45) is 5.41 Å². The van der Waals surface area contributed by atoms with Gasteiger partial charge in [0, 0.05) is 12.1 Å². The zero-order valence-electron chi connectivity index (χ0n) is 12.2. The topological polar surface area (TPSA) is 55.4 Å². The number of methoxy groups -OCH3 is 1. The summed E-state index contributed by atoms with van der Waals surface area (Å²) in [6.07, 6.45) is 0. The first-order valence-corrected chi connectivity index (χ1v) is 6.22. The summed E-state index contributed by atoms with van der Waals surface area (Å²) in [7, 11) is 1.34. The average Bonchev–Trinajstić information content (AvgIpc) is 2.38. The van der Waals surface area contributed by atoms with E-state index >= 15 is 0 Å². The van der Waals surface area contributed by atoms with Crippen molar-refractivity contribution in [2.75, 3.05) is 13.7 Å². The number of carbonyl (C=O) groups is 2. The van der Waals surface area contributed by atoms with Gasteiger partial charge in [-0.05, 0) is 44.9 Å². The highest BCUT2D eigenvalue weighted by atomic mass is 16.5. The van der Waals surface area contributed by atoms with E-state index in [-0.39, 0.29) is 18.4 Å². The molecule has 4 heteroatoms. The Morgan fingerprint density at radius 2 is 1.89 bits per heavy atom. The number of amides is 1. The van der Waals surface area contributed by atoms with Crippen molar-refractivity contribution < 1.29 is 14.3 Å². The zero-order chi connectivity index (χ0) is 14.6. The lowest BCUT2D eigenvalue weighted by atomic mass is 9.93. The third-order valence-corrected chi connectivity index (χ3v) is 3.28. The van der Waals surface area contributed by atoms with Gasteiger partial charge in [0.1, 0.15) is 0 Å². The Morgan fingerprint density at radius 1 is 1.26 bits per heavy atom. The van der Waals surface area contributed by atoms with Crippen molar-refractivity contribution in [1.82, 2.24) is 5.32 Å². The molecule has 0 fully saturated rings. The largest absolute Gasteiger partial charge is 0.469 e. The van der Waals surface area contributed by atoms with Crippen molar-refractivity contribution in [3.63, 3.8) is 0 Å². The van der Waals surface area contributed by atoms with Crippen LogP contribution in [0.15, 0.2) is 18.2 Å². The maximum Gasteiger partial charge on any atom is 0.313 e. The molecule has 0 spiro atoms. The third kappa shape index (κ3) is 3.56. The van der Waals surface area contributed by atoms with E-state index < -0.39 is 5.41 Å². The number of benzene rings is 1. The van der Waals surface area contributed by atoms with Gasteiger partial charge in [0.15, 0.2) is 0 Å². The third-order valence-electron chi connectivity index (χ3n) is 3.28. The number of aryl methyl sites for hydroxylation is 1. The Kier molecular flexibility index (Phi) is 4.70. The minimum absolute atomic E-state index is 0.168. The molecule has 0 saturated carbocycles. The minimum Gasteiger partial charge on any atom is -0.469 e. The van der Waals surface area contributed by atoms with Gasteiger partial charge in [-0.1, -0.05) is 12.1 Å². The minimum atomic E-state index is -0.734. The van der Waals surface area contributed by atoms with Crippen LogP contribution in [0.4, 0.5) is 0 Å². The van der Waals surface area contributed by atoms with Crippen LogP contribution < -0.4 is 5.32 Å². The highest BCUT2D eigenvalue weighted by Crippen LogP contribution is 2.17. The molecule has 19 heavy (non-hydrogen) atoms. The predicted octanol–water partition coefficient (Wildman–Crippen LogP) is 2.23. The van der Waals surface area contributed by atoms with Gasteiger partial charge in [-0.2, -0.15) is 0 Å². The Hall–Kier alpha value is -1.84. The molecule has 1 aromatic carbocycles. The van der Waals surface area contributed by atoms with Crippen LogP contribution in [0.25, 0.3) is 0 Å². The van der Waals surface area contributed by atoms with Crippen LogP contribution in [0.5, 0.6) is 0 Å². The lowest BCUT2D eigenvalue weighted by Crippen LogP contribution is -2.39. The van der Waals surface area contributed by atoms with Gasteiger partial charge < -0.3 is 10.1 Å². The fraction of sp³-hybridized carbons (Fsp3) is 0.467. The zero-order valence-corrected chi connectivity index (χ0v) is 12.2. The number of hydrogen-bond donors (Lipinski definition) is 1. The van der Waals surface area contributed by atoms with Gasteiger partial charge in [-0.3, -0.25) is 9.59 Å². The molecule has 0 radical (unpaired) electrons. The Labute approximate surface area is 114 Å². The fourth-order valence-corrected chi connectivity index (χ4v) is 1.74. The first-order chi connectivity index (χ1) is 8.79. The van der Waals surface area contributed by atoms with Crippen LogP contribution in [-0.2, 0) is 9.53 Å². The van der Waals surface area contributed by atoms with Crippen molar-refractivity contribution in [3.05, 3.63) is 34.9 Å². The second-order valence-electron chi connectivity index (χ2n) is 5.31. The second-order valence-corrected chi connectivity index (χ2v) is 5.31. The number of hydrogen-bond acceptors (Lipinski definition) is 3. The van der Waals surface area contributed by atoms with E-state index in [9.17, 15) is 9.59 Å². The second kappa shape index (κ2) is 5.87. The highest BCUT2D eigenvalue weighted by Gasteiger charge is 2.29. The molecule has 0 saturated heterocycles. The van der Waals surface area contributed by atoms with Crippen LogP contribution >= 0.6 is 0 Å². The van der Waals surface area contributed by atoms with E-state index in [0.29, 0.717) is 5.56 Å². The van der Waals surface area contributed by atoms with Gasteiger partial charge in [0.2, 0.25) is 0 Å². The van der Waals surface area contributed by atoms with Gasteiger partial charge in [0.25, 0.3) is 5.91 Å². The van der Waals surface area contributed by atoms with E-state index in [2.05, 4.69) is 5.32 Å². The van der Waals surface area contributed by atoms with E-state index in [0.717, 1.165) is 11.1 Å². The standard InChI is InChI=1S/C15H21NO3/c1-10-7-6-8-12(11(10)2)13(17)16-9-15(3,4)14(18)19-5/h6-8H,9H2,1-5H3,(H,16,17). The molecule has 0 unspecified atom stereocenters. The van der Waals surface area contributed by atoms with Crippen LogP contribution in [0.2, 0.25) is 0 Å². The summed E-state index contributed by atoms with van der Waals surface area (Å²) in [6, 6.07) is 5.59. The number of carbonyl (C=O) groups excluding carboxylic acids is 2. The monoisotopic (exact) mass is 263 g/mol. The molecule has 104 valence electrons. The summed E-state index contributed by atoms with van der Waals surface area (Å²) in [6.45, 7) is 7.59. The lowest BCUT2D eigenvalue weighted by Gasteiger charge is -2.22. The first-order valence-electron chi connectivity index (χ1n) is 6.22. The maximum atomic E-state index is 12.1. The molecule has 1 aromatic rings. The Bertz CT molecular complexity index is 492. The van der Waals surface area contributed by atoms with Crippen LogP contribution in [0.1, 0.15) is 35.3 Å². The summed E-state index contributed by atoms with van der Waals surface area (Å²) >= 11 is 0. The quantitative estimate of drug-likeness (QED) is 0.847. The molecular weight excluding hydrogens is 242 g/mol. The smallest absolute Gasteiger partial charge is 0.313 e. The van der Waals surface area contributed by atoms with E-state index in [1.165, 1.54) is 7.11 Å². The maximum absolute atomic E-state index is 12.1. The van der Waals surface area contributed by atoms with Crippen molar-refractivity contribution in [1.29, 1.82) is 0 Å². The van der Waals surface area contributed by atoms with Gasteiger partial charge >= 0.3 is 5.97 Å². The normalized spacial score (nSPS) is 11.0. The SMILES string of the molecule is COC(=O)C(C)(C)CNC(=O)c1cccc(C)c1C. The summed E-state index contributed by atoms with van der Waals surface area (Å²) in [4.78, 5) is 23.6. The van der Waals surface area contributed by atoms with Crippen molar-refractivity contribution in [2.45, 2.75) is 27.7 Å². The highest BCUT2D eigenvalue weighted by molar-refractivity contribution is 5.96. The Balaban J connectivity index is 2.76. The van der Waals surface area contributed by atoms with Gasteiger partial charge in [-0.25, -0.2) is 0 Å². The summed E-state index contributed by atoms with van der Waals surface area (Å²) in [5, 5.41) is 2.78. The Morgan fingerprint density at radius 3 is 2.47 bits per heavy atom. The molecule has 0 aliphatic heterocycles. The first kappa shape index (κ1) is 15.2. The molecule has 0 atom stereocenters. The summed E-state index contributed by atoms with van der Waals surface area (Å²) in [5.74, 6) is -0.507. The molecule has 0 heterocycles. The predicted molar refractivity (Wildman–Crippen MR) is 74.0 cm³/mol. The molecule has 1 rings (SSSR count). The number of ether oxygens (including phenoxy) is 1. The van der Waals surface area contributed by atoms with E-state index in [4.69, 9.17) is 4.74 Å². The van der Waals surface area contributed by atoms with Crippen LogP contribution in [0, 0.1) is 19.3 Å². The number of rotatable bonds is 4. The van der Waals surface area contributed by atoms with Crippen LogP contribution in [0.3, 0.4) is 0 Å². The van der Waals surface area contributed by atoms with E-state index in [1.807, 2.05) is 26.0 Å². The molecule has 4 nitrogen and oxygen atoms in total. The molecule has 0 aliphatic rings. The van der Waals surface area contributed by atoms with Crippen LogP contribution in [-0.4, -0.2) is 25.5 Å². The number of esters is 1. The van der Waals surface area contributed by atoms with Gasteiger partial charge in [-0.15, -0.1) is 0 Å². The molecule has 0 bridgehead atoms. The summed E-state index contributed by atoms with van der Waals surface area (Å²) in [5.41, 5.74) is 1.93. The fourth-order valence-electron chi connectivity index (χ4n) is 1.74. The number of nitrogens with one attached hydrogen (secondary N) is 1. The summed E-state index contributed by atoms with van der Waals surface area (Å²) < 4.78 is 4.71. The molecule has 0 aliphatic carbocycles. The molecule has 1 N–H and O–H groups in total. The van der Waals surface area contributed by atoms with Crippen molar-refractivity contribution >= 4 is 11.9 Å². The molecular formula is C15H21NO3. The lowest BCUT2D eigenvalue weighted by molar-refractivity contribution is -0.150. The molecule has 0 aromatic heterocycles. The molecule has 1 amide bonds. The van der Waals surface area contributed by atoms with Crippen molar-refractivity contribution in [3.8, 4) is 0 Å². The van der Waals surface area contributed by atoms with E-state index in [1.54, 1.807) is 19.9 Å². The average molecular weight is 263 g/mol. The van der Waals surface area contributed by atoms with Gasteiger partial charge in [0.05, 0.1) is 12.5 Å².